The van der Waals surface area contributed by atoms with Gasteiger partial charge in [-0.2, -0.15) is 0 Å². The number of aromatic amines is 2. The molecule has 3 aliphatic rings. The fraction of sp³-hybridized carbons (Fsp3) is 0.667. The van der Waals surface area contributed by atoms with E-state index in [4.69, 9.17) is 0 Å². The third-order valence-corrected chi connectivity index (χ3v) is 5.32. The number of rotatable bonds is 2. The minimum absolute atomic E-state index is 0.0896. The molecular weight excluding hydrogens is 298 g/mol. The summed E-state index contributed by atoms with van der Waals surface area (Å²) in [5.74, 6) is 1.11. The van der Waals surface area contributed by atoms with E-state index in [-0.39, 0.29) is 35.7 Å². The smallest absolute Gasteiger partial charge is 0.325 e. The Bertz CT molecular complexity index is 726. The molecule has 4 heterocycles. The summed E-state index contributed by atoms with van der Waals surface area (Å²) >= 11 is 0. The number of piperidine rings is 1. The predicted molar refractivity (Wildman–Crippen MR) is 84.4 cm³/mol. The van der Waals surface area contributed by atoms with Crippen molar-refractivity contribution in [3.63, 3.8) is 0 Å². The van der Waals surface area contributed by atoms with Gasteiger partial charge in [-0.25, -0.2) is 4.79 Å². The molecule has 0 unspecified atom stereocenters. The summed E-state index contributed by atoms with van der Waals surface area (Å²) in [6.45, 7) is 2.79. The maximum absolute atomic E-state index is 11.4. The van der Waals surface area contributed by atoms with Gasteiger partial charge in [-0.1, -0.05) is 6.92 Å². The Kier molecular flexibility index (Phi) is 3.29. The van der Waals surface area contributed by atoms with E-state index in [1.807, 2.05) is 0 Å². The first-order valence-corrected chi connectivity index (χ1v) is 8.11. The van der Waals surface area contributed by atoms with Gasteiger partial charge in [-0.3, -0.25) is 14.8 Å². The third-order valence-electron chi connectivity index (χ3n) is 5.32. The van der Waals surface area contributed by atoms with E-state index in [0.717, 1.165) is 18.8 Å². The van der Waals surface area contributed by atoms with E-state index in [0.29, 0.717) is 18.7 Å². The van der Waals surface area contributed by atoms with E-state index in [9.17, 15) is 14.7 Å². The molecule has 3 aliphatic heterocycles. The van der Waals surface area contributed by atoms with Gasteiger partial charge >= 0.3 is 5.69 Å². The van der Waals surface area contributed by atoms with Gasteiger partial charge in [0.15, 0.2) is 5.96 Å². The van der Waals surface area contributed by atoms with Crippen LogP contribution < -0.4 is 16.6 Å². The van der Waals surface area contributed by atoms with Crippen LogP contribution in [0.1, 0.15) is 25.5 Å². The van der Waals surface area contributed by atoms with Crippen LogP contribution in [-0.4, -0.2) is 56.7 Å². The number of nitrogens with one attached hydrogen (secondary N) is 3. The largest absolute Gasteiger partial charge is 0.393 e. The molecule has 5 atom stereocenters. The summed E-state index contributed by atoms with van der Waals surface area (Å²) in [6.07, 6.45) is 1.85. The maximum Gasteiger partial charge on any atom is 0.325 e. The molecular formula is C15H21N5O3. The number of aromatic nitrogens is 2. The van der Waals surface area contributed by atoms with Crippen molar-refractivity contribution in [1.82, 2.24) is 20.2 Å². The van der Waals surface area contributed by atoms with Gasteiger partial charge in [0.05, 0.1) is 18.7 Å². The lowest BCUT2D eigenvalue weighted by Gasteiger charge is -2.49. The molecule has 0 spiro atoms. The molecule has 124 valence electrons. The fourth-order valence-corrected chi connectivity index (χ4v) is 4.16. The zero-order valence-electron chi connectivity index (χ0n) is 13.0. The van der Waals surface area contributed by atoms with Crippen LogP contribution >= 0.6 is 0 Å². The monoisotopic (exact) mass is 319 g/mol. The zero-order valence-corrected chi connectivity index (χ0v) is 13.0. The molecule has 0 radical (unpaired) electrons. The van der Waals surface area contributed by atoms with E-state index in [1.165, 1.54) is 6.07 Å². The van der Waals surface area contributed by atoms with Crippen LogP contribution in [0, 0.1) is 5.92 Å². The molecule has 4 N–H and O–H groups in total. The molecule has 1 aromatic rings. The maximum atomic E-state index is 11.4. The fourth-order valence-electron chi connectivity index (χ4n) is 4.16. The van der Waals surface area contributed by atoms with E-state index >= 15 is 0 Å². The summed E-state index contributed by atoms with van der Waals surface area (Å²) in [6, 6.07) is 2.04. The first-order valence-electron chi connectivity index (χ1n) is 8.11. The van der Waals surface area contributed by atoms with Crippen molar-refractivity contribution in [3.05, 3.63) is 32.6 Å². The molecule has 0 saturated carbocycles. The minimum Gasteiger partial charge on any atom is -0.393 e. The SMILES string of the molecule is C[C@@H]1[C@H]2CN=C3N[C@@H](Cc4cc(=O)[nH]c(=O)[nH]4)C[C@@H](C[C@@H]1O)N32. The van der Waals surface area contributed by atoms with Gasteiger partial charge in [-0.15, -0.1) is 0 Å². The second-order valence-corrected chi connectivity index (χ2v) is 6.85. The summed E-state index contributed by atoms with van der Waals surface area (Å²) < 4.78 is 0. The number of aliphatic hydroxyl groups is 1. The van der Waals surface area contributed by atoms with Crippen LogP contribution in [0.15, 0.2) is 20.6 Å². The van der Waals surface area contributed by atoms with Crippen LogP contribution in [-0.2, 0) is 6.42 Å². The Labute approximate surface area is 132 Å². The van der Waals surface area contributed by atoms with E-state index in [1.54, 1.807) is 0 Å². The van der Waals surface area contributed by atoms with Gasteiger partial charge < -0.3 is 20.3 Å². The quantitative estimate of drug-likeness (QED) is 0.545. The molecule has 0 amide bonds. The highest BCUT2D eigenvalue weighted by molar-refractivity contribution is 5.83. The highest BCUT2D eigenvalue weighted by Crippen LogP contribution is 2.35. The number of nitrogens with zero attached hydrogens (tertiary/aromatic N) is 2. The van der Waals surface area contributed by atoms with Gasteiger partial charge in [0.2, 0.25) is 0 Å². The third kappa shape index (κ3) is 2.46. The standard InChI is InChI=1S/C15H21N5O3/c1-7-11-6-16-14-17-8(3-10(20(11)14)5-12(7)21)2-9-4-13(22)19-15(23)18-9/h4,7-8,10-12,21H,2-3,5-6H2,1H3,(H,16,17)(H2,18,19,22,23)/t7-,8+,10+,11-,12+/m1/s1. The number of aliphatic imine (C=N–C) groups is 1. The average molecular weight is 319 g/mol. The lowest BCUT2D eigenvalue weighted by Crippen LogP contribution is -2.64. The molecule has 2 saturated heterocycles. The Morgan fingerprint density at radius 1 is 1.35 bits per heavy atom. The van der Waals surface area contributed by atoms with E-state index in [2.05, 4.69) is 32.1 Å². The van der Waals surface area contributed by atoms with Crippen LogP contribution in [0.4, 0.5) is 0 Å². The molecule has 4 rings (SSSR count). The van der Waals surface area contributed by atoms with Gasteiger partial charge in [0, 0.05) is 36.2 Å². The van der Waals surface area contributed by atoms with Gasteiger partial charge in [0.25, 0.3) is 5.56 Å². The highest BCUT2D eigenvalue weighted by atomic mass is 16.3. The topological polar surface area (TPSA) is 114 Å². The zero-order chi connectivity index (χ0) is 16.1. The minimum atomic E-state index is -0.481. The number of aliphatic hydroxyl groups excluding tert-OH is 1. The van der Waals surface area contributed by atoms with Crippen molar-refractivity contribution >= 4 is 5.96 Å². The average Bonchev–Trinajstić information content (AvgIpc) is 2.88. The summed E-state index contributed by atoms with van der Waals surface area (Å²) in [5, 5.41) is 13.7. The van der Waals surface area contributed by atoms with Crippen molar-refractivity contribution in [1.29, 1.82) is 0 Å². The molecule has 0 aromatic carbocycles. The number of H-pyrrole nitrogens is 2. The Balaban J connectivity index is 1.55. The van der Waals surface area contributed by atoms with Gasteiger partial charge in [-0.05, 0) is 12.8 Å². The van der Waals surface area contributed by atoms with Gasteiger partial charge in [0.1, 0.15) is 0 Å². The Morgan fingerprint density at radius 2 is 2.17 bits per heavy atom. The lowest BCUT2D eigenvalue weighted by atomic mass is 9.81. The van der Waals surface area contributed by atoms with Crippen molar-refractivity contribution in [2.75, 3.05) is 6.54 Å². The molecule has 1 aromatic heterocycles. The number of hydrogen-bond acceptors (Lipinski definition) is 6. The van der Waals surface area contributed by atoms with Crippen molar-refractivity contribution < 1.29 is 5.11 Å². The number of hydrogen-bond donors (Lipinski definition) is 4. The van der Waals surface area contributed by atoms with E-state index < -0.39 is 5.69 Å². The molecule has 23 heavy (non-hydrogen) atoms. The van der Waals surface area contributed by atoms with Crippen LogP contribution in [0.25, 0.3) is 0 Å². The molecule has 0 aliphatic carbocycles. The first-order chi connectivity index (χ1) is 11.0. The molecule has 2 fully saturated rings. The second kappa shape index (κ2) is 5.23. The summed E-state index contributed by atoms with van der Waals surface area (Å²) in [7, 11) is 0. The lowest BCUT2D eigenvalue weighted by molar-refractivity contribution is -0.0113. The molecule has 0 bridgehead atoms. The van der Waals surface area contributed by atoms with Crippen LogP contribution in [0.5, 0.6) is 0 Å². The summed E-state index contributed by atoms with van der Waals surface area (Å²) in [5.41, 5.74) is -0.254. The Morgan fingerprint density at radius 3 is 2.96 bits per heavy atom. The second-order valence-electron chi connectivity index (χ2n) is 6.85. The van der Waals surface area contributed by atoms with Crippen LogP contribution in [0.2, 0.25) is 0 Å². The first kappa shape index (κ1) is 14.5. The molecule has 8 nitrogen and oxygen atoms in total. The van der Waals surface area contributed by atoms with Crippen molar-refractivity contribution in [3.8, 4) is 0 Å². The van der Waals surface area contributed by atoms with Crippen molar-refractivity contribution in [2.24, 2.45) is 10.9 Å². The Hall–Kier alpha value is -2.09. The highest BCUT2D eigenvalue weighted by Gasteiger charge is 2.47. The summed E-state index contributed by atoms with van der Waals surface area (Å²) in [4.78, 5) is 34.6. The number of guanidine groups is 1. The normalized spacial score (nSPS) is 35.5. The van der Waals surface area contributed by atoms with Crippen molar-refractivity contribution in [2.45, 2.75) is 50.4 Å². The van der Waals surface area contributed by atoms with Crippen LogP contribution in [0.3, 0.4) is 0 Å². The molecule has 8 heteroatoms. The predicted octanol–water partition coefficient (Wildman–Crippen LogP) is -1.22.